The van der Waals surface area contributed by atoms with E-state index in [9.17, 15) is 4.79 Å². The predicted molar refractivity (Wildman–Crippen MR) is 92.4 cm³/mol. The zero-order valence-electron chi connectivity index (χ0n) is 13.1. The minimum Gasteiger partial charge on any atom is -0.393 e. The third-order valence-electron chi connectivity index (χ3n) is 2.79. The molecule has 0 aliphatic carbocycles. The van der Waals surface area contributed by atoms with Gasteiger partial charge in [-0.3, -0.25) is 15.6 Å². The highest BCUT2D eigenvalue weighted by Crippen LogP contribution is 2.24. The summed E-state index contributed by atoms with van der Waals surface area (Å²) in [6, 6.07) is 6.74. The molecular weight excluding hydrogens is 316 g/mol. The van der Waals surface area contributed by atoms with E-state index in [1.165, 1.54) is 6.33 Å². The Balaban J connectivity index is 2.11. The van der Waals surface area contributed by atoms with Crippen molar-refractivity contribution < 1.29 is 4.79 Å². The van der Waals surface area contributed by atoms with Crippen LogP contribution in [-0.4, -0.2) is 21.4 Å². The van der Waals surface area contributed by atoms with E-state index in [0.717, 1.165) is 0 Å². The summed E-state index contributed by atoms with van der Waals surface area (Å²) < 4.78 is 0. The van der Waals surface area contributed by atoms with Crippen LogP contribution < -0.4 is 21.9 Å². The molecule has 0 unspecified atom stereocenters. The van der Waals surface area contributed by atoms with Crippen molar-refractivity contribution in [3.05, 3.63) is 41.2 Å². The molecule has 0 atom stereocenters. The van der Waals surface area contributed by atoms with Crippen LogP contribution in [0.1, 0.15) is 31.1 Å². The van der Waals surface area contributed by atoms with Crippen LogP contribution in [0.5, 0.6) is 0 Å². The first kappa shape index (κ1) is 16.8. The van der Waals surface area contributed by atoms with Gasteiger partial charge in [0.15, 0.2) is 11.6 Å². The lowest BCUT2D eigenvalue weighted by Gasteiger charge is -2.22. The lowest BCUT2D eigenvalue weighted by Crippen LogP contribution is -2.31. The van der Waals surface area contributed by atoms with Crippen molar-refractivity contribution in [2.75, 3.05) is 16.5 Å². The quantitative estimate of drug-likeness (QED) is 0.641. The fourth-order valence-corrected chi connectivity index (χ4v) is 2.00. The van der Waals surface area contributed by atoms with Crippen molar-refractivity contribution in [1.82, 2.24) is 15.4 Å². The summed E-state index contributed by atoms with van der Waals surface area (Å²) in [5.74, 6) is 0.396. The summed E-state index contributed by atoms with van der Waals surface area (Å²) in [6.07, 6.45) is 1.36. The number of carbonyl (C=O) groups excluding carboxylic acids is 1. The molecule has 0 saturated carbocycles. The number of nitrogens with one attached hydrogen (secondary N) is 3. The molecule has 0 aliphatic heterocycles. The molecule has 1 aromatic carbocycles. The fraction of sp³-hybridized carbons (Fsp3) is 0.267. The molecular formula is C15H19ClN6O. The second-order valence-corrected chi connectivity index (χ2v) is 6.33. The maximum Gasteiger partial charge on any atom is 0.271 e. The van der Waals surface area contributed by atoms with Gasteiger partial charge >= 0.3 is 0 Å². The number of nitrogen functional groups attached to an aromatic ring is 1. The number of hydrazine groups is 1. The van der Waals surface area contributed by atoms with E-state index >= 15 is 0 Å². The molecule has 0 bridgehead atoms. The number of halogens is 1. The molecule has 5 N–H and O–H groups in total. The molecule has 23 heavy (non-hydrogen) atoms. The number of anilines is 3. The number of amides is 1. The van der Waals surface area contributed by atoms with Crippen LogP contribution in [0.2, 0.25) is 5.02 Å². The van der Waals surface area contributed by atoms with Crippen molar-refractivity contribution in [2.45, 2.75) is 26.3 Å². The topological polar surface area (TPSA) is 105 Å². The Kier molecular flexibility index (Phi) is 4.90. The van der Waals surface area contributed by atoms with Crippen LogP contribution in [0.15, 0.2) is 30.6 Å². The zero-order chi connectivity index (χ0) is 17.0. The molecule has 0 fully saturated rings. The average Bonchev–Trinajstić information content (AvgIpc) is 2.47. The maximum atomic E-state index is 12.1. The van der Waals surface area contributed by atoms with Crippen LogP contribution in [-0.2, 0) is 0 Å². The molecule has 1 heterocycles. The Morgan fingerprint density at radius 3 is 2.48 bits per heavy atom. The van der Waals surface area contributed by atoms with Crippen LogP contribution >= 0.6 is 11.6 Å². The van der Waals surface area contributed by atoms with Gasteiger partial charge in [0, 0.05) is 5.54 Å². The highest BCUT2D eigenvalue weighted by atomic mass is 35.5. The SMILES string of the molecule is CC(C)(C)Nc1ncnc(NNC(=O)c2ccccc2Cl)c1N. The van der Waals surface area contributed by atoms with Crippen molar-refractivity contribution in [3.8, 4) is 0 Å². The predicted octanol–water partition coefficient (Wildman–Crippen LogP) is 2.68. The van der Waals surface area contributed by atoms with Crippen molar-refractivity contribution in [2.24, 2.45) is 0 Å². The first-order valence-corrected chi connectivity index (χ1v) is 7.35. The molecule has 2 aromatic rings. The van der Waals surface area contributed by atoms with Gasteiger partial charge in [-0.05, 0) is 32.9 Å². The van der Waals surface area contributed by atoms with Crippen molar-refractivity contribution >= 4 is 34.8 Å². The molecule has 122 valence electrons. The minimum absolute atomic E-state index is 0.208. The van der Waals surface area contributed by atoms with E-state index < -0.39 is 0 Å². The van der Waals surface area contributed by atoms with E-state index in [2.05, 4.69) is 26.1 Å². The maximum absolute atomic E-state index is 12.1. The molecule has 0 spiro atoms. The summed E-state index contributed by atoms with van der Waals surface area (Å²) in [6.45, 7) is 5.96. The van der Waals surface area contributed by atoms with Gasteiger partial charge in [-0.15, -0.1) is 0 Å². The Labute approximate surface area is 139 Å². The standard InChI is InChI=1S/C15H19ClN6O/c1-15(2,3)20-12-11(17)13(19-8-18-12)21-22-14(23)9-6-4-5-7-10(9)16/h4-8H,17H2,1-3H3,(H,22,23)(H2,18,19,20,21). The molecule has 7 nitrogen and oxygen atoms in total. The third kappa shape index (κ3) is 4.46. The smallest absolute Gasteiger partial charge is 0.271 e. The van der Waals surface area contributed by atoms with Gasteiger partial charge in [-0.1, -0.05) is 23.7 Å². The summed E-state index contributed by atoms with van der Waals surface area (Å²) in [5.41, 5.74) is 11.7. The zero-order valence-corrected chi connectivity index (χ0v) is 13.9. The van der Waals surface area contributed by atoms with E-state index in [1.807, 2.05) is 20.8 Å². The summed E-state index contributed by atoms with van der Waals surface area (Å²) in [5, 5.41) is 3.53. The third-order valence-corrected chi connectivity index (χ3v) is 3.12. The Bertz CT molecular complexity index is 713. The number of aromatic nitrogens is 2. The van der Waals surface area contributed by atoms with Crippen LogP contribution in [0.3, 0.4) is 0 Å². The second-order valence-electron chi connectivity index (χ2n) is 5.92. The molecule has 0 radical (unpaired) electrons. The van der Waals surface area contributed by atoms with Crippen LogP contribution in [0.4, 0.5) is 17.3 Å². The lowest BCUT2D eigenvalue weighted by molar-refractivity contribution is 0.0962. The largest absolute Gasteiger partial charge is 0.393 e. The Morgan fingerprint density at radius 2 is 1.83 bits per heavy atom. The molecule has 0 saturated heterocycles. The molecule has 1 amide bonds. The first-order chi connectivity index (χ1) is 10.8. The molecule has 0 aliphatic rings. The number of hydrogen-bond acceptors (Lipinski definition) is 6. The van der Waals surface area contributed by atoms with Gasteiger partial charge in [0.2, 0.25) is 0 Å². The van der Waals surface area contributed by atoms with E-state index in [-0.39, 0.29) is 11.4 Å². The van der Waals surface area contributed by atoms with Crippen molar-refractivity contribution in [3.63, 3.8) is 0 Å². The Morgan fingerprint density at radius 1 is 1.17 bits per heavy atom. The second kappa shape index (κ2) is 6.70. The van der Waals surface area contributed by atoms with Crippen molar-refractivity contribution in [1.29, 1.82) is 0 Å². The van der Waals surface area contributed by atoms with Crippen LogP contribution in [0.25, 0.3) is 0 Å². The number of nitrogens with zero attached hydrogens (tertiary/aromatic N) is 2. The molecule has 1 aromatic heterocycles. The molecule has 8 heteroatoms. The highest BCUT2D eigenvalue weighted by Gasteiger charge is 2.16. The Hall–Kier alpha value is -2.54. The van der Waals surface area contributed by atoms with Crippen LogP contribution in [0, 0.1) is 0 Å². The monoisotopic (exact) mass is 334 g/mol. The van der Waals surface area contributed by atoms with Gasteiger partial charge < -0.3 is 11.1 Å². The van der Waals surface area contributed by atoms with E-state index in [4.69, 9.17) is 17.3 Å². The summed E-state index contributed by atoms with van der Waals surface area (Å²) in [7, 11) is 0. The van der Waals surface area contributed by atoms with Gasteiger partial charge in [-0.2, -0.15) is 0 Å². The molecule has 2 rings (SSSR count). The van der Waals surface area contributed by atoms with Gasteiger partial charge in [0.25, 0.3) is 5.91 Å². The van der Waals surface area contributed by atoms with E-state index in [0.29, 0.717) is 27.9 Å². The lowest BCUT2D eigenvalue weighted by atomic mass is 10.1. The first-order valence-electron chi connectivity index (χ1n) is 6.97. The number of benzene rings is 1. The minimum atomic E-state index is -0.390. The summed E-state index contributed by atoms with van der Waals surface area (Å²) >= 11 is 5.98. The average molecular weight is 335 g/mol. The fourth-order valence-electron chi connectivity index (χ4n) is 1.78. The van der Waals surface area contributed by atoms with Gasteiger partial charge in [-0.25, -0.2) is 9.97 Å². The van der Waals surface area contributed by atoms with E-state index in [1.54, 1.807) is 24.3 Å². The number of nitrogens with two attached hydrogens (primary N) is 1. The number of carbonyl (C=O) groups is 1. The summed E-state index contributed by atoms with van der Waals surface area (Å²) in [4.78, 5) is 20.2. The van der Waals surface area contributed by atoms with Gasteiger partial charge in [0.05, 0.1) is 10.6 Å². The van der Waals surface area contributed by atoms with Gasteiger partial charge in [0.1, 0.15) is 12.0 Å². The normalized spacial score (nSPS) is 11.0. The highest BCUT2D eigenvalue weighted by molar-refractivity contribution is 6.33. The number of rotatable bonds is 4. The number of hydrogen-bond donors (Lipinski definition) is 4.